The van der Waals surface area contributed by atoms with Crippen LogP contribution in [0.15, 0.2) is 30.3 Å². The van der Waals surface area contributed by atoms with Crippen LogP contribution in [0, 0.1) is 0 Å². The zero-order valence-electron chi connectivity index (χ0n) is 8.11. The Kier molecular flexibility index (Phi) is 3.60. The monoisotopic (exact) mass is 218 g/mol. The molecule has 0 aliphatic carbocycles. The third-order valence-electron chi connectivity index (χ3n) is 1.34. The van der Waals surface area contributed by atoms with Gasteiger partial charge in [0.15, 0.2) is 0 Å². The molecule has 0 aromatic heterocycles. The first-order valence-corrected chi connectivity index (χ1v) is 8.06. The molecule has 0 amide bonds. The number of hydrogen-bond donors (Lipinski definition) is 0. The Morgan fingerprint density at radius 2 is 1.69 bits per heavy atom. The molecule has 1 atom stereocenters. The second-order valence-electron chi connectivity index (χ2n) is 3.46. The van der Waals surface area contributed by atoms with Gasteiger partial charge in [-0.1, -0.05) is 18.2 Å². The van der Waals surface area contributed by atoms with E-state index in [1.807, 2.05) is 49.1 Å². The van der Waals surface area contributed by atoms with Gasteiger partial charge >= 0.3 is 0 Å². The van der Waals surface area contributed by atoms with Crippen LogP contribution in [-0.4, -0.2) is 18.8 Å². The van der Waals surface area contributed by atoms with Crippen molar-refractivity contribution in [3.63, 3.8) is 0 Å². The molecule has 4 heteroatoms. The SMILES string of the molecule is CS(C)(C)O[PH](=O)c1ccccc1. The Morgan fingerprint density at radius 3 is 2.15 bits per heavy atom. The predicted octanol–water partition coefficient (Wildman–Crippen LogP) is 2.41. The van der Waals surface area contributed by atoms with Gasteiger partial charge in [-0.2, -0.15) is 0 Å². The topological polar surface area (TPSA) is 26.3 Å². The van der Waals surface area contributed by atoms with E-state index in [4.69, 9.17) is 3.97 Å². The van der Waals surface area contributed by atoms with Gasteiger partial charge < -0.3 is 0 Å². The van der Waals surface area contributed by atoms with Gasteiger partial charge in [0.1, 0.15) is 0 Å². The lowest BCUT2D eigenvalue weighted by molar-refractivity contribution is 0.539. The lowest BCUT2D eigenvalue weighted by Gasteiger charge is -2.24. The highest BCUT2D eigenvalue weighted by Gasteiger charge is 2.10. The van der Waals surface area contributed by atoms with E-state index in [1.165, 1.54) is 0 Å². The van der Waals surface area contributed by atoms with Crippen molar-refractivity contribution in [1.29, 1.82) is 0 Å². The van der Waals surface area contributed by atoms with Gasteiger partial charge in [-0.3, -0.25) is 8.54 Å². The van der Waals surface area contributed by atoms with Crippen LogP contribution in [0.1, 0.15) is 0 Å². The van der Waals surface area contributed by atoms with E-state index in [1.54, 1.807) is 0 Å². The summed E-state index contributed by atoms with van der Waals surface area (Å²) in [7, 11) is -3.18. The summed E-state index contributed by atoms with van der Waals surface area (Å²) in [6.07, 6.45) is 5.95. The molecule has 0 spiro atoms. The summed E-state index contributed by atoms with van der Waals surface area (Å²) in [6.45, 7) is 0. The summed E-state index contributed by atoms with van der Waals surface area (Å²) >= 11 is 0. The van der Waals surface area contributed by atoms with Crippen molar-refractivity contribution >= 4 is 23.6 Å². The average molecular weight is 218 g/mol. The van der Waals surface area contributed by atoms with E-state index >= 15 is 0 Å². The lowest BCUT2D eigenvalue weighted by Crippen LogP contribution is -1.99. The summed E-state index contributed by atoms with van der Waals surface area (Å²) in [4.78, 5) is 0. The highest BCUT2D eigenvalue weighted by atomic mass is 32.3. The number of hydrogen-bond acceptors (Lipinski definition) is 2. The summed E-state index contributed by atoms with van der Waals surface area (Å²) in [6, 6.07) is 9.33. The highest BCUT2D eigenvalue weighted by Crippen LogP contribution is 2.46. The van der Waals surface area contributed by atoms with E-state index in [-0.39, 0.29) is 0 Å². The van der Waals surface area contributed by atoms with Gasteiger partial charge in [0.05, 0.1) is 0 Å². The Hall–Kier alpha value is -0.240. The van der Waals surface area contributed by atoms with Crippen LogP contribution < -0.4 is 5.30 Å². The second kappa shape index (κ2) is 4.32. The van der Waals surface area contributed by atoms with E-state index in [0.717, 1.165) is 5.30 Å². The third kappa shape index (κ3) is 3.99. The maximum atomic E-state index is 11.6. The molecule has 0 bridgehead atoms. The van der Waals surface area contributed by atoms with Crippen LogP contribution >= 0.6 is 18.3 Å². The van der Waals surface area contributed by atoms with E-state index in [0.29, 0.717) is 0 Å². The van der Waals surface area contributed by atoms with Gasteiger partial charge in [-0.15, -0.1) is 10.3 Å². The Labute approximate surface area is 81.7 Å². The minimum atomic E-state index is -2.04. The summed E-state index contributed by atoms with van der Waals surface area (Å²) in [5.41, 5.74) is 0. The average Bonchev–Trinajstić information content (AvgIpc) is 2.03. The number of benzene rings is 1. The van der Waals surface area contributed by atoms with Crippen molar-refractivity contribution in [2.75, 3.05) is 18.8 Å². The quantitative estimate of drug-likeness (QED) is 0.728. The fraction of sp³-hybridized carbons (Fsp3) is 0.333. The molecule has 13 heavy (non-hydrogen) atoms. The van der Waals surface area contributed by atoms with Crippen molar-refractivity contribution in [2.24, 2.45) is 0 Å². The second-order valence-corrected chi connectivity index (χ2v) is 8.73. The van der Waals surface area contributed by atoms with Crippen LogP contribution in [0.25, 0.3) is 0 Å². The smallest absolute Gasteiger partial charge is 0.229 e. The molecular formula is C9H15O2PS. The minimum absolute atomic E-state index is 0.801. The van der Waals surface area contributed by atoms with Gasteiger partial charge in [0, 0.05) is 5.30 Å². The molecule has 0 aliphatic rings. The Morgan fingerprint density at radius 1 is 1.15 bits per heavy atom. The van der Waals surface area contributed by atoms with Crippen molar-refractivity contribution in [1.82, 2.24) is 0 Å². The van der Waals surface area contributed by atoms with Gasteiger partial charge in [-0.05, 0) is 30.9 Å². The first-order chi connectivity index (χ1) is 5.99. The predicted molar refractivity (Wildman–Crippen MR) is 61.5 cm³/mol. The van der Waals surface area contributed by atoms with Crippen LogP contribution in [0.3, 0.4) is 0 Å². The molecule has 1 aromatic carbocycles. The maximum absolute atomic E-state index is 11.6. The molecule has 0 fully saturated rings. The molecule has 1 rings (SSSR count). The van der Waals surface area contributed by atoms with Gasteiger partial charge in [-0.25, -0.2) is 0 Å². The normalized spacial score (nSPS) is 15.3. The molecular weight excluding hydrogens is 203 g/mol. The van der Waals surface area contributed by atoms with Crippen molar-refractivity contribution in [3.8, 4) is 0 Å². The molecule has 2 nitrogen and oxygen atoms in total. The highest BCUT2D eigenvalue weighted by molar-refractivity contribution is 8.29. The fourth-order valence-electron chi connectivity index (χ4n) is 0.849. The van der Waals surface area contributed by atoms with Crippen LogP contribution in [0.2, 0.25) is 0 Å². The largest absolute Gasteiger partial charge is 0.290 e. The van der Waals surface area contributed by atoms with Gasteiger partial charge in [0.25, 0.3) is 0 Å². The van der Waals surface area contributed by atoms with Crippen molar-refractivity contribution in [3.05, 3.63) is 30.3 Å². The van der Waals surface area contributed by atoms with Gasteiger partial charge in [0.2, 0.25) is 8.03 Å². The maximum Gasteiger partial charge on any atom is 0.229 e. The molecule has 74 valence electrons. The molecule has 0 N–H and O–H groups in total. The van der Waals surface area contributed by atoms with Crippen LogP contribution in [-0.2, 0) is 8.54 Å². The Bertz CT molecular complexity index is 292. The fourth-order valence-corrected chi connectivity index (χ4v) is 3.52. The standard InChI is InChI=1S/C9H15O2PS/c1-13(2,3)11-12(10)9-7-5-4-6-8-9/h4-8,12H,1-3H3. The first-order valence-electron chi connectivity index (χ1n) is 3.96. The molecule has 0 saturated heterocycles. The summed E-state index contributed by atoms with van der Waals surface area (Å²) < 4.78 is 17.1. The first kappa shape index (κ1) is 10.8. The van der Waals surface area contributed by atoms with E-state index in [9.17, 15) is 4.57 Å². The molecule has 0 saturated carbocycles. The van der Waals surface area contributed by atoms with E-state index in [2.05, 4.69) is 0 Å². The van der Waals surface area contributed by atoms with Crippen molar-refractivity contribution < 1.29 is 8.54 Å². The summed E-state index contributed by atoms with van der Waals surface area (Å²) in [5.74, 6) is 0. The van der Waals surface area contributed by atoms with Crippen molar-refractivity contribution in [2.45, 2.75) is 0 Å². The molecule has 0 radical (unpaired) electrons. The Balaban J connectivity index is 2.71. The summed E-state index contributed by atoms with van der Waals surface area (Å²) in [5, 5.41) is 0.801. The van der Waals surface area contributed by atoms with Crippen LogP contribution in [0.4, 0.5) is 0 Å². The number of rotatable bonds is 3. The lowest BCUT2D eigenvalue weighted by atomic mass is 10.4. The van der Waals surface area contributed by atoms with Crippen LogP contribution in [0.5, 0.6) is 0 Å². The third-order valence-corrected chi connectivity index (χ3v) is 4.75. The zero-order chi connectivity index (χ0) is 9.90. The minimum Gasteiger partial charge on any atom is -0.290 e. The zero-order valence-corrected chi connectivity index (χ0v) is 9.93. The molecule has 0 aliphatic heterocycles. The molecule has 0 heterocycles. The van der Waals surface area contributed by atoms with E-state index < -0.39 is 18.3 Å². The molecule has 1 aromatic rings. The molecule has 1 unspecified atom stereocenters.